The van der Waals surface area contributed by atoms with Crippen LogP contribution in [0.5, 0.6) is 0 Å². The van der Waals surface area contributed by atoms with Crippen LogP contribution in [0.2, 0.25) is 0 Å². The molecule has 0 unspecified atom stereocenters. The quantitative estimate of drug-likeness (QED) is 0.353. The Bertz CT molecular complexity index is 465. The molecule has 0 amide bonds. The van der Waals surface area contributed by atoms with Crippen LogP contribution in [0.3, 0.4) is 0 Å². The van der Waals surface area contributed by atoms with Crippen LogP contribution in [0.25, 0.3) is 0 Å². The van der Waals surface area contributed by atoms with Crippen molar-refractivity contribution in [1.29, 1.82) is 5.41 Å². The Morgan fingerprint density at radius 1 is 1.69 bits per heavy atom. The Kier molecular flexibility index (Phi) is 4.02. The summed E-state index contributed by atoms with van der Waals surface area (Å²) in [6, 6.07) is 1.42. The maximum atomic E-state index is 11.7. The van der Waals surface area contributed by atoms with E-state index in [4.69, 9.17) is 11.1 Å². The van der Waals surface area contributed by atoms with Crippen LogP contribution in [-0.2, 0) is 17.1 Å². The van der Waals surface area contributed by atoms with Crippen molar-refractivity contribution in [3.63, 3.8) is 0 Å². The van der Waals surface area contributed by atoms with E-state index in [0.29, 0.717) is 12.8 Å². The van der Waals surface area contributed by atoms with E-state index in [2.05, 4.69) is 9.82 Å². The maximum absolute atomic E-state index is 11.7. The maximum Gasteiger partial charge on any atom is 0.257 e. The predicted molar refractivity (Wildman–Crippen MR) is 59.5 cm³/mol. The van der Waals surface area contributed by atoms with E-state index in [-0.39, 0.29) is 17.4 Å². The fourth-order valence-corrected chi connectivity index (χ4v) is 2.38. The molecule has 4 N–H and O–H groups in total. The Labute approximate surface area is 94.2 Å². The third-order valence-corrected chi connectivity index (χ3v) is 3.50. The van der Waals surface area contributed by atoms with Crippen LogP contribution < -0.4 is 10.5 Å². The first-order chi connectivity index (χ1) is 7.43. The van der Waals surface area contributed by atoms with Gasteiger partial charge in [-0.25, -0.2) is 13.1 Å². The molecule has 7 nitrogen and oxygen atoms in total. The van der Waals surface area contributed by atoms with Crippen molar-refractivity contribution in [2.45, 2.75) is 17.9 Å². The van der Waals surface area contributed by atoms with E-state index < -0.39 is 10.0 Å². The van der Waals surface area contributed by atoms with Gasteiger partial charge in [0.05, 0.1) is 12.0 Å². The predicted octanol–water partition coefficient (Wildman–Crippen LogP) is -0.585. The smallest absolute Gasteiger partial charge is 0.257 e. The van der Waals surface area contributed by atoms with Gasteiger partial charge >= 0.3 is 0 Å². The highest BCUT2D eigenvalue weighted by Crippen LogP contribution is 2.05. The summed E-state index contributed by atoms with van der Waals surface area (Å²) >= 11 is 0. The number of sulfonamides is 1. The normalized spacial score (nSPS) is 11.6. The number of nitrogens with zero attached hydrogens (tertiary/aromatic N) is 2. The molecule has 0 aliphatic carbocycles. The second kappa shape index (κ2) is 5.08. The van der Waals surface area contributed by atoms with Gasteiger partial charge in [0.15, 0.2) is 5.03 Å². The molecule has 0 saturated carbocycles. The Balaban J connectivity index is 2.54. The van der Waals surface area contributed by atoms with E-state index in [0.717, 1.165) is 0 Å². The number of nitrogens with two attached hydrogens (primary N) is 1. The minimum Gasteiger partial charge on any atom is -0.388 e. The van der Waals surface area contributed by atoms with E-state index in [1.54, 1.807) is 7.05 Å². The van der Waals surface area contributed by atoms with Crippen LogP contribution in [0.1, 0.15) is 12.8 Å². The topological polar surface area (TPSA) is 114 Å². The van der Waals surface area contributed by atoms with Gasteiger partial charge in [-0.2, -0.15) is 5.10 Å². The Morgan fingerprint density at radius 2 is 2.38 bits per heavy atom. The van der Waals surface area contributed by atoms with E-state index >= 15 is 0 Å². The molecule has 1 aromatic rings. The van der Waals surface area contributed by atoms with Crippen LogP contribution >= 0.6 is 0 Å². The highest BCUT2D eigenvalue weighted by Gasteiger charge is 2.16. The minimum absolute atomic E-state index is 0.0553. The number of nitrogens with one attached hydrogen (secondary N) is 2. The molecule has 16 heavy (non-hydrogen) atoms. The molecule has 0 bridgehead atoms. The zero-order valence-corrected chi connectivity index (χ0v) is 9.79. The van der Waals surface area contributed by atoms with Crippen molar-refractivity contribution < 1.29 is 8.42 Å². The van der Waals surface area contributed by atoms with E-state index in [1.165, 1.54) is 16.9 Å². The number of rotatable bonds is 6. The summed E-state index contributed by atoms with van der Waals surface area (Å²) in [6.45, 7) is 0.257. The largest absolute Gasteiger partial charge is 0.388 e. The summed E-state index contributed by atoms with van der Waals surface area (Å²) in [4.78, 5) is 0. The van der Waals surface area contributed by atoms with Crippen molar-refractivity contribution in [2.75, 3.05) is 6.54 Å². The fourth-order valence-electron chi connectivity index (χ4n) is 1.18. The van der Waals surface area contributed by atoms with Crippen LogP contribution in [0.15, 0.2) is 17.3 Å². The van der Waals surface area contributed by atoms with Crippen molar-refractivity contribution in [3.8, 4) is 0 Å². The van der Waals surface area contributed by atoms with Gasteiger partial charge < -0.3 is 5.73 Å². The van der Waals surface area contributed by atoms with E-state index in [1.807, 2.05) is 0 Å². The standard InChI is InChI=1S/C8H15N5O2S/c1-13-8(4-6-11-13)16(14,15)12-5-2-3-7(9)10/h4,6,12H,2-3,5H2,1H3,(H3,9,10). The summed E-state index contributed by atoms with van der Waals surface area (Å²) < 4.78 is 27.1. The third kappa shape index (κ3) is 3.31. The fraction of sp³-hybridized carbons (Fsp3) is 0.500. The van der Waals surface area contributed by atoms with Gasteiger partial charge in [0.25, 0.3) is 10.0 Å². The summed E-state index contributed by atoms with van der Waals surface area (Å²) in [5.74, 6) is 0.0553. The first-order valence-corrected chi connectivity index (χ1v) is 6.22. The summed E-state index contributed by atoms with van der Waals surface area (Å²) in [6.07, 6.45) is 2.31. The van der Waals surface area contributed by atoms with Gasteiger partial charge in [0.2, 0.25) is 0 Å². The first kappa shape index (κ1) is 12.7. The lowest BCUT2D eigenvalue weighted by Crippen LogP contribution is -2.27. The van der Waals surface area contributed by atoms with Gasteiger partial charge in [-0.3, -0.25) is 10.1 Å². The van der Waals surface area contributed by atoms with Crippen molar-refractivity contribution >= 4 is 15.9 Å². The molecule has 0 radical (unpaired) electrons. The molecule has 0 aliphatic heterocycles. The molecule has 0 spiro atoms. The molecule has 8 heteroatoms. The molecule has 0 atom stereocenters. The number of hydrogen-bond donors (Lipinski definition) is 3. The molecule has 0 fully saturated rings. The van der Waals surface area contributed by atoms with Crippen molar-refractivity contribution in [2.24, 2.45) is 12.8 Å². The highest BCUT2D eigenvalue weighted by atomic mass is 32.2. The second-order valence-corrected chi connectivity index (χ2v) is 5.03. The second-order valence-electron chi connectivity index (χ2n) is 3.32. The molecule has 0 aromatic carbocycles. The molecule has 0 saturated heterocycles. The SMILES string of the molecule is Cn1nccc1S(=O)(=O)NCCCC(=N)N. The number of hydrogen-bond acceptors (Lipinski definition) is 4. The number of amidine groups is 1. The van der Waals surface area contributed by atoms with Gasteiger partial charge in [-0.15, -0.1) is 0 Å². The lowest BCUT2D eigenvalue weighted by atomic mass is 10.3. The lowest BCUT2D eigenvalue weighted by molar-refractivity contribution is 0.561. The number of aromatic nitrogens is 2. The zero-order chi connectivity index (χ0) is 12.2. The van der Waals surface area contributed by atoms with Gasteiger partial charge in [0.1, 0.15) is 0 Å². The summed E-state index contributed by atoms with van der Waals surface area (Å²) in [5.41, 5.74) is 5.15. The van der Waals surface area contributed by atoms with Gasteiger partial charge in [-0.1, -0.05) is 0 Å². The van der Waals surface area contributed by atoms with Crippen LogP contribution in [0.4, 0.5) is 0 Å². The molecule has 1 heterocycles. The number of aryl methyl sites for hydroxylation is 1. The summed E-state index contributed by atoms with van der Waals surface area (Å²) in [7, 11) is -1.95. The van der Waals surface area contributed by atoms with E-state index in [9.17, 15) is 8.42 Å². The highest BCUT2D eigenvalue weighted by molar-refractivity contribution is 7.89. The van der Waals surface area contributed by atoms with Crippen LogP contribution in [0, 0.1) is 5.41 Å². The third-order valence-electron chi connectivity index (χ3n) is 1.97. The molecule has 1 aromatic heterocycles. The monoisotopic (exact) mass is 245 g/mol. The molecule has 1 rings (SSSR count). The van der Waals surface area contributed by atoms with Crippen molar-refractivity contribution in [1.82, 2.24) is 14.5 Å². The first-order valence-electron chi connectivity index (χ1n) is 4.74. The molecule has 90 valence electrons. The molecular weight excluding hydrogens is 230 g/mol. The van der Waals surface area contributed by atoms with Gasteiger partial charge in [0, 0.05) is 20.0 Å². The van der Waals surface area contributed by atoms with Gasteiger partial charge in [-0.05, 0) is 12.5 Å². The van der Waals surface area contributed by atoms with Crippen LogP contribution in [-0.4, -0.2) is 30.6 Å². The molecule has 0 aliphatic rings. The lowest BCUT2D eigenvalue weighted by Gasteiger charge is -2.06. The summed E-state index contributed by atoms with van der Waals surface area (Å²) in [5, 5.41) is 10.9. The minimum atomic E-state index is -3.51. The average molecular weight is 245 g/mol. The Hall–Kier alpha value is -1.41. The average Bonchev–Trinajstić information content (AvgIpc) is 2.59. The Morgan fingerprint density at radius 3 is 2.88 bits per heavy atom. The molecular formula is C8H15N5O2S. The van der Waals surface area contributed by atoms with Crippen molar-refractivity contribution in [3.05, 3.63) is 12.3 Å². The zero-order valence-electron chi connectivity index (χ0n) is 8.97.